The molecule has 0 aliphatic heterocycles. The van der Waals surface area contributed by atoms with Crippen molar-refractivity contribution in [3.05, 3.63) is 22.8 Å². The van der Waals surface area contributed by atoms with Crippen LogP contribution in [0.4, 0.5) is 5.82 Å². The number of carboxylic acids is 1. The van der Waals surface area contributed by atoms with Gasteiger partial charge in [-0.25, -0.2) is 9.78 Å². The molecule has 0 fully saturated rings. The third kappa shape index (κ3) is 6.24. The Balaban J connectivity index is 2.25. The van der Waals surface area contributed by atoms with Crippen LogP contribution in [0.2, 0.25) is 5.02 Å². The SMILES string of the molecule is CC(C)CCCCCCNc1cc(C(=O)O)c(Cl)cn1. The average molecular weight is 299 g/mol. The van der Waals surface area contributed by atoms with Crippen LogP contribution >= 0.6 is 11.6 Å². The Morgan fingerprint density at radius 1 is 1.35 bits per heavy atom. The summed E-state index contributed by atoms with van der Waals surface area (Å²) in [5.41, 5.74) is 0.0844. The minimum Gasteiger partial charge on any atom is -0.478 e. The lowest BCUT2D eigenvalue weighted by Crippen LogP contribution is -2.06. The van der Waals surface area contributed by atoms with E-state index in [1.807, 2.05) is 0 Å². The number of nitrogens with one attached hydrogen (secondary N) is 1. The topological polar surface area (TPSA) is 62.2 Å². The summed E-state index contributed by atoms with van der Waals surface area (Å²) in [5, 5.41) is 12.3. The highest BCUT2D eigenvalue weighted by Gasteiger charge is 2.09. The van der Waals surface area contributed by atoms with E-state index >= 15 is 0 Å². The van der Waals surface area contributed by atoms with Gasteiger partial charge in [0.05, 0.1) is 10.6 Å². The van der Waals surface area contributed by atoms with Crippen LogP contribution in [0.1, 0.15) is 56.3 Å². The Morgan fingerprint density at radius 3 is 2.70 bits per heavy atom. The molecular weight excluding hydrogens is 276 g/mol. The molecule has 0 unspecified atom stereocenters. The minimum absolute atomic E-state index is 0.0844. The van der Waals surface area contributed by atoms with Crippen molar-refractivity contribution in [2.45, 2.75) is 46.0 Å². The van der Waals surface area contributed by atoms with E-state index in [4.69, 9.17) is 16.7 Å². The molecule has 0 aliphatic carbocycles. The van der Waals surface area contributed by atoms with Crippen LogP contribution in [0, 0.1) is 5.92 Å². The zero-order chi connectivity index (χ0) is 15.0. The van der Waals surface area contributed by atoms with Gasteiger partial charge in [-0.15, -0.1) is 0 Å². The van der Waals surface area contributed by atoms with E-state index in [9.17, 15) is 4.79 Å². The molecule has 2 N–H and O–H groups in total. The quantitative estimate of drug-likeness (QED) is 0.661. The second kappa shape index (κ2) is 8.80. The number of unbranched alkanes of at least 4 members (excludes halogenated alkanes) is 3. The molecule has 0 spiro atoms. The lowest BCUT2D eigenvalue weighted by molar-refractivity contribution is 0.0697. The van der Waals surface area contributed by atoms with Gasteiger partial charge >= 0.3 is 5.97 Å². The highest BCUT2D eigenvalue weighted by Crippen LogP contribution is 2.18. The summed E-state index contributed by atoms with van der Waals surface area (Å²) in [7, 11) is 0. The molecule has 1 aromatic heterocycles. The molecule has 0 radical (unpaired) electrons. The number of aromatic nitrogens is 1. The molecule has 4 nitrogen and oxygen atoms in total. The van der Waals surface area contributed by atoms with E-state index in [2.05, 4.69) is 24.1 Å². The lowest BCUT2D eigenvalue weighted by Gasteiger charge is -2.07. The van der Waals surface area contributed by atoms with E-state index in [-0.39, 0.29) is 10.6 Å². The average Bonchev–Trinajstić information content (AvgIpc) is 2.38. The van der Waals surface area contributed by atoms with Crippen molar-refractivity contribution in [3.63, 3.8) is 0 Å². The maximum atomic E-state index is 10.9. The van der Waals surface area contributed by atoms with Crippen molar-refractivity contribution >= 4 is 23.4 Å². The number of anilines is 1. The van der Waals surface area contributed by atoms with Crippen molar-refractivity contribution in [3.8, 4) is 0 Å². The monoisotopic (exact) mass is 298 g/mol. The van der Waals surface area contributed by atoms with E-state index in [0.717, 1.165) is 18.9 Å². The number of carbonyl (C=O) groups is 1. The first-order valence-electron chi connectivity index (χ1n) is 7.13. The summed E-state index contributed by atoms with van der Waals surface area (Å²) < 4.78 is 0. The molecule has 1 heterocycles. The summed E-state index contributed by atoms with van der Waals surface area (Å²) in [5.74, 6) is 0.309. The third-order valence-corrected chi connectivity index (χ3v) is 3.40. The molecular formula is C15H23ClN2O2. The number of aromatic carboxylic acids is 1. The Labute approximate surface area is 125 Å². The van der Waals surface area contributed by atoms with Crippen molar-refractivity contribution in [1.29, 1.82) is 0 Å². The Morgan fingerprint density at radius 2 is 2.05 bits per heavy atom. The fourth-order valence-electron chi connectivity index (χ4n) is 1.95. The molecule has 5 heteroatoms. The van der Waals surface area contributed by atoms with Gasteiger partial charge in [-0.05, 0) is 18.4 Å². The van der Waals surface area contributed by atoms with Gasteiger partial charge in [-0.3, -0.25) is 0 Å². The first-order chi connectivity index (χ1) is 9.50. The van der Waals surface area contributed by atoms with Crippen molar-refractivity contribution in [1.82, 2.24) is 4.98 Å². The molecule has 0 amide bonds. The number of rotatable bonds is 9. The number of carboxylic acid groups (broad SMARTS) is 1. The highest BCUT2D eigenvalue weighted by molar-refractivity contribution is 6.33. The third-order valence-electron chi connectivity index (χ3n) is 3.10. The van der Waals surface area contributed by atoms with Gasteiger partial charge in [0, 0.05) is 12.7 Å². The molecule has 1 rings (SSSR count). The maximum Gasteiger partial charge on any atom is 0.337 e. The number of halogens is 1. The summed E-state index contributed by atoms with van der Waals surface area (Å²) in [4.78, 5) is 15.0. The van der Waals surface area contributed by atoms with E-state index in [1.165, 1.54) is 37.9 Å². The molecule has 0 aromatic carbocycles. The van der Waals surface area contributed by atoms with Crippen LogP contribution in [-0.4, -0.2) is 22.6 Å². The Kier molecular flexibility index (Phi) is 7.37. The second-order valence-electron chi connectivity index (χ2n) is 5.38. The molecule has 0 saturated carbocycles. The fraction of sp³-hybridized carbons (Fsp3) is 0.600. The standard InChI is InChI=1S/C15H23ClN2O2/c1-11(2)7-5-3-4-6-8-17-14-9-12(15(19)20)13(16)10-18-14/h9-11H,3-8H2,1-2H3,(H,17,18)(H,19,20). The molecule has 1 aromatic rings. The predicted octanol–water partition coefficient (Wildman–Crippen LogP) is 4.45. The van der Waals surface area contributed by atoms with Gasteiger partial charge in [-0.1, -0.05) is 51.1 Å². The van der Waals surface area contributed by atoms with Crippen LogP contribution < -0.4 is 5.32 Å². The van der Waals surface area contributed by atoms with Crippen LogP contribution in [-0.2, 0) is 0 Å². The van der Waals surface area contributed by atoms with Crippen LogP contribution in [0.25, 0.3) is 0 Å². The van der Waals surface area contributed by atoms with E-state index < -0.39 is 5.97 Å². The smallest absolute Gasteiger partial charge is 0.337 e. The zero-order valence-electron chi connectivity index (χ0n) is 12.2. The lowest BCUT2D eigenvalue weighted by atomic mass is 10.0. The van der Waals surface area contributed by atoms with Gasteiger partial charge < -0.3 is 10.4 Å². The van der Waals surface area contributed by atoms with Gasteiger partial charge in [0.15, 0.2) is 0 Å². The maximum absolute atomic E-state index is 10.9. The minimum atomic E-state index is -1.03. The molecule has 0 atom stereocenters. The highest BCUT2D eigenvalue weighted by atomic mass is 35.5. The van der Waals surface area contributed by atoms with Gasteiger partial charge in [0.1, 0.15) is 5.82 Å². The molecule has 20 heavy (non-hydrogen) atoms. The molecule has 0 bridgehead atoms. The van der Waals surface area contributed by atoms with Crippen LogP contribution in [0.3, 0.4) is 0 Å². The first kappa shape index (κ1) is 16.8. The number of hydrogen-bond acceptors (Lipinski definition) is 3. The number of pyridine rings is 1. The van der Waals surface area contributed by atoms with Gasteiger partial charge in [-0.2, -0.15) is 0 Å². The second-order valence-corrected chi connectivity index (χ2v) is 5.79. The van der Waals surface area contributed by atoms with E-state index in [0.29, 0.717) is 5.82 Å². The van der Waals surface area contributed by atoms with Crippen LogP contribution in [0.5, 0.6) is 0 Å². The molecule has 0 aliphatic rings. The molecule has 112 valence electrons. The Bertz CT molecular complexity index is 436. The fourth-order valence-corrected chi connectivity index (χ4v) is 2.13. The van der Waals surface area contributed by atoms with Gasteiger partial charge in [0.2, 0.25) is 0 Å². The zero-order valence-corrected chi connectivity index (χ0v) is 12.9. The van der Waals surface area contributed by atoms with Crippen molar-refractivity contribution < 1.29 is 9.90 Å². The van der Waals surface area contributed by atoms with Gasteiger partial charge in [0.25, 0.3) is 0 Å². The van der Waals surface area contributed by atoms with E-state index in [1.54, 1.807) is 0 Å². The van der Waals surface area contributed by atoms with Crippen LogP contribution in [0.15, 0.2) is 12.3 Å². The van der Waals surface area contributed by atoms with Crippen molar-refractivity contribution in [2.24, 2.45) is 5.92 Å². The number of hydrogen-bond donors (Lipinski definition) is 2. The summed E-state index contributed by atoms with van der Waals surface area (Å²) >= 11 is 5.76. The summed E-state index contributed by atoms with van der Waals surface area (Å²) in [6.45, 7) is 5.29. The Hall–Kier alpha value is -1.29. The largest absolute Gasteiger partial charge is 0.478 e. The predicted molar refractivity (Wildman–Crippen MR) is 82.6 cm³/mol. The summed E-state index contributed by atoms with van der Waals surface area (Å²) in [6.07, 6.45) is 7.42. The first-order valence-corrected chi connectivity index (χ1v) is 7.51. The van der Waals surface area contributed by atoms with Crippen molar-refractivity contribution in [2.75, 3.05) is 11.9 Å². The summed E-state index contributed by atoms with van der Waals surface area (Å²) in [6, 6.07) is 1.48. The number of nitrogens with zero attached hydrogens (tertiary/aromatic N) is 1. The normalized spacial score (nSPS) is 10.8. The molecule has 0 saturated heterocycles.